The molecule has 0 saturated heterocycles. The van der Waals surface area contributed by atoms with Crippen LogP contribution in [0, 0.1) is 12.7 Å². The summed E-state index contributed by atoms with van der Waals surface area (Å²) in [6, 6.07) is 5.08. The molecule has 0 atom stereocenters. The van der Waals surface area contributed by atoms with Gasteiger partial charge in [-0.1, -0.05) is 0 Å². The number of aromatic nitrogens is 2. The van der Waals surface area contributed by atoms with Crippen LogP contribution >= 0.6 is 11.3 Å². The zero-order valence-electron chi connectivity index (χ0n) is 14.3. The first-order valence-electron chi connectivity index (χ1n) is 7.81. The van der Waals surface area contributed by atoms with E-state index in [0.29, 0.717) is 21.6 Å². The molecule has 148 valence electrons. The van der Waals surface area contributed by atoms with Gasteiger partial charge in [0.1, 0.15) is 10.8 Å². The van der Waals surface area contributed by atoms with Crippen LogP contribution in [0.2, 0.25) is 0 Å². The number of alkyl halides is 3. The van der Waals surface area contributed by atoms with Crippen molar-refractivity contribution in [1.29, 1.82) is 0 Å². The van der Waals surface area contributed by atoms with E-state index in [0.717, 1.165) is 11.6 Å². The molecule has 0 aliphatic rings. The lowest BCUT2D eigenvalue weighted by atomic mass is 10.2. The molecular formula is C17H13F4N3O2S2. The van der Waals surface area contributed by atoms with Crippen LogP contribution in [-0.4, -0.2) is 18.4 Å². The van der Waals surface area contributed by atoms with Gasteiger partial charge in [-0.15, -0.1) is 11.3 Å². The number of thiazole rings is 1. The normalized spacial score (nSPS) is 12.3. The molecule has 3 aromatic rings. The van der Waals surface area contributed by atoms with Gasteiger partial charge in [0.15, 0.2) is 0 Å². The third-order valence-electron chi connectivity index (χ3n) is 3.78. The summed E-state index contributed by atoms with van der Waals surface area (Å²) in [5.74, 6) is -1.54. The van der Waals surface area contributed by atoms with E-state index < -0.39 is 32.5 Å². The summed E-state index contributed by atoms with van der Waals surface area (Å²) >= 11 is 1.24. The van der Waals surface area contributed by atoms with Crippen molar-refractivity contribution in [2.75, 3.05) is 0 Å². The zero-order chi connectivity index (χ0) is 20.5. The van der Waals surface area contributed by atoms with Gasteiger partial charge in [0.2, 0.25) is 10.0 Å². The minimum Gasteiger partial charge on any atom is -0.264 e. The van der Waals surface area contributed by atoms with Crippen molar-refractivity contribution >= 4 is 21.4 Å². The van der Waals surface area contributed by atoms with E-state index in [4.69, 9.17) is 0 Å². The quantitative estimate of drug-likeness (QED) is 0.616. The van der Waals surface area contributed by atoms with Crippen molar-refractivity contribution in [3.05, 3.63) is 64.7 Å². The molecule has 0 spiro atoms. The Morgan fingerprint density at radius 1 is 1.21 bits per heavy atom. The molecule has 0 bridgehead atoms. The number of halogens is 4. The predicted molar refractivity (Wildman–Crippen MR) is 95.5 cm³/mol. The molecule has 1 N–H and O–H groups in total. The van der Waals surface area contributed by atoms with Crippen LogP contribution in [0.1, 0.15) is 16.1 Å². The Balaban J connectivity index is 1.82. The molecule has 0 fully saturated rings. The van der Waals surface area contributed by atoms with E-state index in [1.54, 1.807) is 31.5 Å². The van der Waals surface area contributed by atoms with Gasteiger partial charge in [0, 0.05) is 29.4 Å². The van der Waals surface area contributed by atoms with Crippen LogP contribution in [-0.2, 0) is 22.7 Å². The first-order chi connectivity index (χ1) is 13.1. The Kier molecular flexibility index (Phi) is 5.50. The Morgan fingerprint density at radius 2 is 1.96 bits per heavy atom. The molecule has 0 aliphatic heterocycles. The Morgan fingerprint density at radius 3 is 2.61 bits per heavy atom. The van der Waals surface area contributed by atoms with Crippen molar-refractivity contribution in [2.24, 2.45) is 0 Å². The third kappa shape index (κ3) is 4.37. The Bertz CT molecular complexity index is 1100. The fourth-order valence-electron chi connectivity index (χ4n) is 2.34. The number of aryl methyl sites for hydroxylation is 1. The maximum absolute atomic E-state index is 13.4. The van der Waals surface area contributed by atoms with E-state index in [1.165, 1.54) is 11.3 Å². The van der Waals surface area contributed by atoms with Gasteiger partial charge in [-0.05, 0) is 37.3 Å². The van der Waals surface area contributed by atoms with E-state index in [9.17, 15) is 26.0 Å². The third-order valence-corrected chi connectivity index (χ3v) is 6.38. The Hall–Kier alpha value is -2.37. The van der Waals surface area contributed by atoms with Crippen molar-refractivity contribution in [3.8, 4) is 10.6 Å². The van der Waals surface area contributed by atoms with Crippen LogP contribution in [0.4, 0.5) is 17.6 Å². The highest BCUT2D eigenvalue weighted by Crippen LogP contribution is 2.33. The molecule has 5 nitrogen and oxygen atoms in total. The van der Waals surface area contributed by atoms with Crippen molar-refractivity contribution in [2.45, 2.75) is 24.5 Å². The minimum atomic E-state index is -5.00. The van der Waals surface area contributed by atoms with Crippen LogP contribution in [0.5, 0.6) is 0 Å². The van der Waals surface area contributed by atoms with E-state index in [1.807, 2.05) is 0 Å². The first kappa shape index (κ1) is 20.4. The summed E-state index contributed by atoms with van der Waals surface area (Å²) in [6.07, 6.45) is -1.77. The highest BCUT2D eigenvalue weighted by atomic mass is 32.2. The lowest BCUT2D eigenvalue weighted by Gasteiger charge is -2.11. The smallest absolute Gasteiger partial charge is 0.264 e. The molecule has 2 heterocycles. The largest absolute Gasteiger partial charge is 0.419 e. The molecule has 11 heteroatoms. The molecule has 0 radical (unpaired) electrons. The van der Waals surface area contributed by atoms with Gasteiger partial charge in [0.25, 0.3) is 0 Å². The summed E-state index contributed by atoms with van der Waals surface area (Å²) < 4.78 is 78.8. The second-order valence-corrected chi connectivity index (χ2v) is 8.58. The fraction of sp³-hybridized carbons (Fsp3) is 0.176. The topological polar surface area (TPSA) is 72.0 Å². The standard InChI is InChI=1S/C17H13F4N3O2S2/c1-10-15(27-16(24-10)11-3-2-6-22-8-11)9-23-28(25,26)12-4-5-14(18)13(7-12)17(19,20)21/h2-8,23H,9H2,1H3. The van der Waals surface area contributed by atoms with Gasteiger partial charge in [-0.2, -0.15) is 13.2 Å². The van der Waals surface area contributed by atoms with Crippen molar-refractivity contribution in [3.63, 3.8) is 0 Å². The van der Waals surface area contributed by atoms with Crippen LogP contribution < -0.4 is 4.72 Å². The van der Waals surface area contributed by atoms with E-state index in [2.05, 4.69) is 14.7 Å². The molecule has 0 aliphatic carbocycles. The van der Waals surface area contributed by atoms with Gasteiger partial charge < -0.3 is 0 Å². The maximum Gasteiger partial charge on any atom is 0.419 e. The molecular weight excluding hydrogens is 418 g/mol. The van der Waals surface area contributed by atoms with E-state index >= 15 is 0 Å². The molecule has 28 heavy (non-hydrogen) atoms. The number of pyridine rings is 1. The number of rotatable bonds is 5. The molecule has 3 rings (SSSR count). The van der Waals surface area contributed by atoms with Gasteiger partial charge in [0.05, 0.1) is 16.2 Å². The summed E-state index contributed by atoms with van der Waals surface area (Å²) in [6.45, 7) is 1.53. The van der Waals surface area contributed by atoms with Crippen LogP contribution in [0.3, 0.4) is 0 Å². The summed E-state index contributed by atoms with van der Waals surface area (Å²) in [5.41, 5.74) is -0.289. The van der Waals surface area contributed by atoms with Gasteiger partial charge >= 0.3 is 6.18 Å². The highest BCUT2D eigenvalue weighted by molar-refractivity contribution is 7.89. The summed E-state index contributed by atoms with van der Waals surface area (Å²) in [5, 5.41) is 0.640. The molecule has 1 aromatic carbocycles. The predicted octanol–water partition coefficient (Wildman–Crippen LogP) is 4.15. The SMILES string of the molecule is Cc1nc(-c2cccnc2)sc1CNS(=O)(=O)c1ccc(F)c(C(F)(F)F)c1. The number of hydrogen-bond donors (Lipinski definition) is 1. The zero-order valence-corrected chi connectivity index (χ0v) is 15.9. The first-order valence-corrected chi connectivity index (χ1v) is 10.1. The lowest BCUT2D eigenvalue weighted by Crippen LogP contribution is -2.24. The Labute approximate surface area is 162 Å². The second-order valence-electron chi connectivity index (χ2n) is 5.73. The number of nitrogens with zero attached hydrogens (tertiary/aromatic N) is 2. The van der Waals surface area contributed by atoms with Crippen molar-refractivity contribution < 1.29 is 26.0 Å². The minimum absolute atomic E-state index is 0.162. The molecule has 2 aromatic heterocycles. The molecule has 0 unspecified atom stereocenters. The number of benzene rings is 1. The maximum atomic E-state index is 13.4. The number of hydrogen-bond acceptors (Lipinski definition) is 5. The fourth-order valence-corrected chi connectivity index (χ4v) is 4.44. The molecule has 0 amide bonds. The van der Waals surface area contributed by atoms with Crippen molar-refractivity contribution in [1.82, 2.24) is 14.7 Å². The summed E-state index contributed by atoms with van der Waals surface area (Å²) in [7, 11) is -4.28. The number of nitrogens with one attached hydrogen (secondary N) is 1. The summed E-state index contributed by atoms with van der Waals surface area (Å²) in [4.78, 5) is 8.28. The van der Waals surface area contributed by atoms with Gasteiger partial charge in [-0.25, -0.2) is 22.5 Å². The monoisotopic (exact) mass is 431 g/mol. The average molecular weight is 431 g/mol. The molecule has 0 saturated carbocycles. The number of sulfonamides is 1. The highest BCUT2D eigenvalue weighted by Gasteiger charge is 2.35. The lowest BCUT2D eigenvalue weighted by molar-refractivity contribution is -0.140. The average Bonchev–Trinajstić information content (AvgIpc) is 3.01. The van der Waals surface area contributed by atoms with Crippen LogP contribution in [0.25, 0.3) is 10.6 Å². The van der Waals surface area contributed by atoms with Crippen LogP contribution in [0.15, 0.2) is 47.6 Å². The van der Waals surface area contributed by atoms with E-state index in [-0.39, 0.29) is 12.6 Å². The second kappa shape index (κ2) is 7.57. The van der Waals surface area contributed by atoms with Gasteiger partial charge in [-0.3, -0.25) is 4.98 Å².